The van der Waals surface area contributed by atoms with Gasteiger partial charge in [0.05, 0.1) is 11.1 Å². The first kappa shape index (κ1) is 43.5. The number of hydrogen-bond acceptors (Lipinski definition) is 1. The van der Waals surface area contributed by atoms with Crippen LogP contribution in [0.25, 0.3) is 66.1 Å². The minimum Gasteiger partial charge on any atom is -0.310 e. The first-order valence-corrected chi connectivity index (χ1v) is 25.7. The van der Waals surface area contributed by atoms with Crippen LogP contribution in [0, 0.1) is 11.8 Å². The van der Waals surface area contributed by atoms with Gasteiger partial charge in [-0.15, -0.1) is 0 Å². The third kappa shape index (κ3) is 7.22. The molecule has 3 aliphatic rings. The van der Waals surface area contributed by atoms with Gasteiger partial charge in [-0.3, -0.25) is 0 Å². The van der Waals surface area contributed by atoms with Crippen molar-refractivity contribution < 1.29 is 0 Å². The molecule has 0 heterocycles. The van der Waals surface area contributed by atoms with Gasteiger partial charge in [-0.2, -0.15) is 0 Å². The molecular formula is C71H55N. The molecule has 0 amide bonds. The average Bonchev–Trinajstić information content (AvgIpc) is 3.74. The molecule has 0 bridgehead atoms. The lowest BCUT2D eigenvalue weighted by molar-refractivity contribution is 0.729. The molecule has 13 rings (SSSR count). The maximum absolute atomic E-state index is 2.62. The summed E-state index contributed by atoms with van der Waals surface area (Å²) >= 11 is 0. The van der Waals surface area contributed by atoms with Crippen LogP contribution in [0.4, 0.5) is 11.4 Å². The minimum atomic E-state index is -0.570. The van der Waals surface area contributed by atoms with E-state index in [2.05, 4.69) is 280 Å². The largest absolute Gasteiger partial charge is 0.310 e. The van der Waals surface area contributed by atoms with E-state index in [1.54, 1.807) is 0 Å². The molecule has 72 heavy (non-hydrogen) atoms. The number of hydrogen-bond donors (Lipinski definition) is 0. The Hall–Kier alpha value is -8.52. The van der Waals surface area contributed by atoms with Crippen molar-refractivity contribution in [2.45, 2.75) is 32.1 Å². The van der Waals surface area contributed by atoms with E-state index in [1.165, 1.54) is 105 Å². The Labute approximate surface area is 424 Å². The van der Waals surface area contributed by atoms with E-state index in [9.17, 15) is 0 Å². The fourth-order valence-electron chi connectivity index (χ4n) is 12.3. The van der Waals surface area contributed by atoms with Gasteiger partial charge in [0.2, 0.25) is 0 Å². The van der Waals surface area contributed by atoms with Crippen molar-refractivity contribution in [1.82, 2.24) is 0 Å². The van der Waals surface area contributed by atoms with Crippen LogP contribution in [0.2, 0.25) is 0 Å². The van der Waals surface area contributed by atoms with Gasteiger partial charge < -0.3 is 4.90 Å². The first-order valence-electron chi connectivity index (χ1n) is 25.7. The summed E-state index contributed by atoms with van der Waals surface area (Å²) in [6, 6.07) is 86.3. The van der Waals surface area contributed by atoms with Crippen LogP contribution in [0.1, 0.15) is 60.1 Å². The van der Waals surface area contributed by atoms with Gasteiger partial charge in [-0.1, -0.05) is 257 Å². The van der Waals surface area contributed by atoms with Gasteiger partial charge in [0.15, 0.2) is 0 Å². The van der Waals surface area contributed by atoms with Gasteiger partial charge in [0, 0.05) is 22.5 Å². The van der Waals surface area contributed by atoms with Gasteiger partial charge in [-0.25, -0.2) is 0 Å². The lowest BCUT2D eigenvalue weighted by atomic mass is 9.67. The number of rotatable bonds is 9. The molecule has 1 heteroatoms. The molecule has 10 aromatic rings. The molecule has 2 unspecified atom stereocenters. The number of anilines is 2. The van der Waals surface area contributed by atoms with E-state index < -0.39 is 5.41 Å². The molecule has 344 valence electrons. The van der Waals surface area contributed by atoms with E-state index in [4.69, 9.17) is 0 Å². The van der Waals surface area contributed by atoms with E-state index in [-0.39, 0.29) is 0 Å². The molecule has 0 spiro atoms. The minimum absolute atomic E-state index is 0.291. The van der Waals surface area contributed by atoms with Crippen LogP contribution in [-0.4, -0.2) is 0 Å². The molecule has 0 saturated carbocycles. The number of benzene rings is 10. The number of allylic oxidation sites excluding steroid dienone is 7. The highest BCUT2D eigenvalue weighted by molar-refractivity contribution is 6.07. The Balaban J connectivity index is 1.11. The Morgan fingerprint density at radius 3 is 1.79 bits per heavy atom. The topological polar surface area (TPSA) is 3.24 Å². The highest BCUT2D eigenvalue weighted by Crippen LogP contribution is 2.57. The van der Waals surface area contributed by atoms with Gasteiger partial charge in [0.25, 0.3) is 0 Å². The maximum Gasteiger partial charge on any atom is 0.0714 e. The van der Waals surface area contributed by atoms with Crippen LogP contribution in [0.5, 0.6) is 0 Å². The van der Waals surface area contributed by atoms with Crippen molar-refractivity contribution in [3.05, 3.63) is 300 Å². The van der Waals surface area contributed by atoms with Crippen LogP contribution in [-0.2, 0) is 5.41 Å². The van der Waals surface area contributed by atoms with E-state index in [0.29, 0.717) is 11.8 Å². The van der Waals surface area contributed by atoms with E-state index in [0.717, 1.165) is 24.2 Å². The Morgan fingerprint density at radius 1 is 0.431 bits per heavy atom. The second-order valence-electron chi connectivity index (χ2n) is 20.0. The predicted octanol–water partition coefficient (Wildman–Crippen LogP) is 18.8. The fourth-order valence-corrected chi connectivity index (χ4v) is 12.3. The van der Waals surface area contributed by atoms with Crippen molar-refractivity contribution in [2.24, 2.45) is 11.8 Å². The molecule has 0 aromatic heterocycles. The summed E-state index contributed by atoms with van der Waals surface area (Å²) in [5, 5.41) is 5.01. The van der Waals surface area contributed by atoms with Crippen molar-refractivity contribution in [3.63, 3.8) is 0 Å². The zero-order valence-electron chi connectivity index (χ0n) is 40.8. The Kier molecular flexibility index (Phi) is 10.9. The van der Waals surface area contributed by atoms with E-state index >= 15 is 0 Å². The summed E-state index contributed by atoms with van der Waals surface area (Å²) in [5.74, 6) is 0.767. The molecule has 2 atom stereocenters. The molecule has 1 nitrogen and oxygen atoms in total. The zero-order valence-corrected chi connectivity index (χ0v) is 40.8. The second kappa shape index (κ2) is 18.0. The van der Waals surface area contributed by atoms with Gasteiger partial charge >= 0.3 is 0 Å². The summed E-state index contributed by atoms with van der Waals surface area (Å²) in [5.41, 5.74) is 20.3. The normalized spacial score (nSPS) is 16.7. The molecule has 0 fully saturated rings. The SMILES string of the molecule is CC1C=C(c2cccc3cccc(C4=CCC(C)C=C4N(c4cccc(C5(c6ccccc6)c6ccccc6-c6ccccc65)c4)c4cc(-c5cccc6ccccc56)ccc4-c4ccccc4)c23)C=CC1. The summed E-state index contributed by atoms with van der Waals surface area (Å²) < 4.78 is 0. The van der Waals surface area contributed by atoms with Gasteiger partial charge in [0.1, 0.15) is 0 Å². The number of nitrogens with zero attached hydrogens (tertiary/aromatic N) is 1. The molecular weight excluding hydrogens is 867 g/mol. The van der Waals surface area contributed by atoms with Crippen LogP contribution in [0.15, 0.2) is 267 Å². The monoisotopic (exact) mass is 921 g/mol. The molecule has 0 aliphatic heterocycles. The highest BCUT2D eigenvalue weighted by atomic mass is 15.2. The fraction of sp³-hybridized carbons (Fsp3) is 0.0986. The van der Waals surface area contributed by atoms with Crippen molar-refractivity contribution in [1.29, 1.82) is 0 Å². The zero-order chi connectivity index (χ0) is 48.2. The Morgan fingerprint density at radius 2 is 1.03 bits per heavy atom. The summed E-state index contributed by atoms with van der Waals surface area (Å²) in [6.45, 7) is 4.70. The number of fused-ring (bicyclic) bond motifs is 5. The van der Waals surface area contributed by atoms with Crippen LogP contribution in [0.3, 0.4) is 0 Å². The first-order chi connectivity index (χ1) is 35.5. The van der Waals surface area contributed by atoms with Crippen LogP contribution >= 0.6 is 0 Å². The second-order valence-corrected chi connectivity index (χ2v) is 20.0. The predicted molar refractivity (Wildman–Crippen MR) is 305 cm³/mol. The quantitative estimate of drug-likeness (QED) is 0.139. The maximum atomic E-state index is 2.62. The molecule has 3 aliphatic carbocycles. The average molecular weight is 922 g/mol. The lowest BCUT2D eigenvalue weighted by Crippen LogP contribution is -2.29. The lowest BCUT2D eigenvalue weighted by Gasteiger charge is -2.37. The van der Waals surface area contributed by atoms with Crippen molar-refractivity contribution >= 4 is 44.1 Å². The van der Waals surface area contributed by atoms with Crippen molar-refractivity contribution in [3.8, 4) is 33.4 Å². The van der Waals surface area contributed by atoms with Crippen molar-refractivity contribution in [2.75, 3.05) is 4.90 Å². The molecule has 0 radical (unpaired) electrons. The third-order valence-electron chi connectivity index (χ3n) is 15.5. The van der Waals surface area contributed by atoms with Gasteiger partial charge in [-0.05, 0) is 131 Å². The molecule has 10 aromatic carbocycles. The summed E-state index contributed by atoms with van der Waals surface area (Å²) in [6.07, 6.45) is 14.2. The molecule has 0 saturated heterocycles. The van der Waals surface area contributed by atoms with E-state index in [1.807, 2.05) is 0 Å². The third-order valence-corrected chi connectivity index (χ3v) is 15.5. The van der Waals surface area contributed by atoms with Crippen LogP contribution < -0.4 is 4.90 Å². The highest BCUT2D eigenvalue weighted by Gasteiger charge is 2.46. The standard InChI is InChI=1S/C71H55N/c1-48-20-15-27-53(44-48)61-36-17-25-52-26-18-37-65(70(52)61)64-42-40-49(2)45-68(64)72(69-46-54(41-43-60(69)51-21-5-3-6-22-51)59-35-16-24-50-23-9-10-32-58(50)59)57-31-19-30-56(47-57)71(55-28-7-4-8-29-55)66-38-13-11-33-62(66)63-34-12-14-39-67(63)71/h3-19,21-39,41-49H,20,40H2,1-2H3. The summed E-state index contributed by atoms with van der Waals surface area (Å²) in [4.78, 5) is 2.62. The smallest absolute Gasteiger partial charge is 0.0714 e. The summed E-state index contributed by atoms with van der Waals surface area (Å²) in [7, 11) is 0. The Bertz CT molecular complexity index is 3790. The molecule has 0 N–H and O–H groups in total.